The Morgan fingerprint density at radius 2 is 2.14 bits per heavy atom. The van der Waals surface area contributed by atoms with Crippen LogP contribution in [0.15, 0.2) is 49.2 Å². The Labute approximate surface area is 169 Å². The van der Waals surface area contributed by atoms with Crippen LogP contribution in [0.1, 0.15) is 61.2 Å². The third kappa shape index (κ3) is 3.73. The topological polar surface area (TPSA) is 93.7 Å². The standard InChI is InChI=1S/C21H25N7O/c1-14-22-9-10-27(14)18-7-8-23-19(12-18)21(29)25-16-4-2-3-15(11-16)20-26-24-13-28(20)17-5-6-17/h2,4,7-10,12-13,15-17,21,25,29H,3,5-6,11H2,1H3. The molecule has 1 fully saturated rings. The molecule has 0 aliphatic heterocycles. The number of nitrogens with one attached hydrogen (secondary N) is 1. The number of aryl methyl sites for hydroxylation is 1. The minimum absolute atomic E-state index is 0.0496. The van der Waals surface area contributed by atoms with Gasteiger partial charge in [0.05, 0.1) is 11.4 Å². The van der Waals surface area contributed by atoms with Gasteiger partial charge in [-0.3, -0.25) is 10.3 Å². The van der Waals surface area contributed by atoms with Gasteiger partial charge in [0.2, 0.25) is 0 Å². The fraction of sp³-hybridized carbons (Fsp3) is 0.429. The highest BCUT2D eigenvalue weighted by molar-refractivity contribution is 5.34. The summed E-state index contributed by atoms with van der Waals surface area (Å²) in [7, 11) is 0. The molecule has 0 aromatic carbocycles. The highest BCUT2D eigenvalue weighted by Gasteiger charge is 2.31. The number of hydrogen-bond donors (Lipinski definition) is 2. The summed E-state index contributed by atoms with van der Waals surface area (Å²) in [5.41, 5.74) is 1.52. The van der Waals surface area contributed by atoms with Gasteiger partial charge in [-0.05, 0) is 44.7 Å². The third-order valence-corrected chi connectivity index (χ3v) is 5.75. The first-order valence-corrected chi connectivity index (χ1v) is 10.2. The Kier molecular flexibility index (Phi) is 4.73. The number of allylic oxidation sites excluding steroid dienone is 1. The smallest absolute Gasteiger partial charge is 0.148 e. The molecule has 3 aromatic heterocycles. The molecule has 5 rings (SSSR count). The van der Waals surface area contributed by atoms with Crippen molar-refractivity contribution in [3.05, 3.63) is 66.5 Å². The fourth-order valence-electron chi connectivity index (χ4n) is 4.08. The van der Waals surface area contributed by atoms with Gasteiger partial charge in [0, 0.05) is 36.6 Å². The maximum absolute atomic E-state index is 10.8. The Bertz CT molecular complexity index is 1020. The van der Waals surface area contributed by atoms with Crippen LogP contribution in [0, 0.1) is 6.92 Å². The summed E-state index contributed by atoms with van der Waals surface area (Å²) >= 11 is 0. The molecular weight excluding hydrogens is 366 g/mol. The first kappa shape index (κ1) is 18.2. The molecule has 0 spiro atoms. The molecular formula is C21H25N7O. The van der Waals surface area contributed by atoms with Crippen LogP contribution in [-0.2, 0) is 0 Å². The number of nitrogens with zero attached hydrogens (tertiary/aromatic N) is 6. The van der Waals surface area contributed by atoms with Gasteiger partial charge >= 0.3 is 0 Å². The number of aliphatic hydroxyl groups excluding tert-OH is 1. The summed E-state index contributed by atoms with van der Waals surface area (Å²) in [6.07, 6.45) is 14.9. The second-order valence-corrected chi connectivity index (χ2v) is 7.88. The van der Waals surface area contributed by atoms with Gasteiger partial charge in [-0.2, -0.15) is 0 Å². The van der Waals surface area contributed by atoms with E-state index in [9.17, 15) is 5.11 Å². The lowest BCUT2D eigenvalue weighted by molar-refractivity contribution is 0.122. The molecule has 0 radical (unpaired) electrons. The molecule has 2 N–H and O–H groups in total. The van der Waals surface area contributed by atoms with Gasteiger partial charge in [-0.1, -0.05) is 12.2 Å². The van der Waals surface area contributed by atoms with Crippen molar-refractivity contribution >= 4 is 0 Å². The Balaban J connectivity index is 1.29. The van der Waals surface area contributed by atoms with E-state index in [2.05, 4.69) is 42.2 Å². The SMILES string of the molecule is Cc1nccn1-c1ccnc(C(O)NC2C=CCC(c3nncn3C3CC3)C2)c1. The van der Waals surface area contributed by atoms with E-state index < -0.39 is 6.23 Å². The molecule has 1 saturated carbocycles. The van der Waals surface area contributed by atoms with Gasteiger partial charge < -0.3 is 14.2 Å². The summed E-state index contributed by atoms with van der Waals surface area (Å²) in [4.78, 5) is 8.62. The second-order valence-electron chi connectivity index (χ2n) is 7.88. The monoisotopic (exact) mass is 391 g/mol. The minimum atomic E-state index is -0.853. The van der Waals surface area contributed by atoms with Crippen LogP contribution in [0.4, 0.5) is 0 Å². The summed E-state index contributed by atoms with van der Waals surface area (Å²) in [6.45, 7) is 1.95. The largest absolute Gasteiger partial charge is 0.373 e. The zero-order chi connectivity index (χ0) is 19.8. The first-order valence-electron chi connectivity index (χ1n) is 10.2. The van der Waals surface area contributed by atoms with Crippen molar-refractivity contribution in [1.29, 1.82) is 0 Å². The van der Waals surface area contributed by atoms with Crippen LogP contribution in [0.2, 0.25) is 0 Å². The number of rotatable bonds is 6. The molecule has 0 amide bonds. The quantitative estimate of drug-likeness (QED) is 0.496. The Morgan fingerprint density at radius 1 is 1.24 bits per heavy atom. The van der Waals surface area contributed by atoms with Crippen molar-refractivity contribution < 1.29 is 5.11 Å². The van der Waals surface area contributed by atoms with Crippen molar-refractivity contribution in [3.63, 3.8) is 0 Å². The van der Waals surface area contributed by atoms with E-state index in [0.29, 0.717) is 17.7 Å². The highest BCUT2D eigenvalue weighted by Crippen LogP contribution is 2.38. The number of imidazole rings is 1. The molecule has 3 aromatic rings. The molecule has 2 aliphatic carbocycles. The van der Waals surface area contributed by atoms with Crippen LogP contribution in [0.3, 0.4) is 0 Å². The zero-order valence-electron chi connectivity index (χ0n) is 16.4. The Hall–Kier alpha value is -2.84. The molecule has 0 saturated heterocycles. The molecule has 3 unspecified atom stereocenters. The highest BCUT2D eigenvalue weighted by atomic mass is 16.3. The number of aromatic nitrogens is 6. The maximum Gasteiger partial charge on any atom is 0.148 e. The zero-order valence-corrected chi connectivity index (χ0v) is 16.4. The fourth-order valence-corrected chi connectivity index (χ4v) is 4.08. The van der Waals surface area contributed by atoms with Crippen LogP contribution in [-0.4, -0.2) is 40.4 Å². The van der Waals surface area contributed by atoms with Crippen LogP contribution in [0.25, 0.3) is 5.69 Å². The normalized spacial score (nSPS) is 22.7. The summed E-state index contributed by atoms with van der Waals surface area (Å²) in [6, 6.07) is 4.42. The summed E-state index contributed by atoms with van der Waals surface area (Å²) in [5, 5.41) is 22.6. The van der Waals surface area contributed by atoms with Crippen LogP contribution < -0.4 is 5.32 Å². The summed E-state index contributed by atoms with van der Waals surface area (Å²) in [5.74, 6) is 2.26. The van der Waals surface area contributed by atoms with E-state index in [0.717, 1.165) is 30.2 Å². The molecule has 2 aliphatic rings. The molecule has 150 valence electrons. The van der Waals surface area contributed by atoms with Gasteiger partial charge in [-0.25, -0.2) is 4.98 Å². The van der Waals surface area contributed by atoms with Crippen LogP contribution >= 0.6 is 0 Å². The average molecular weight is 391 g/mol. The maximum atomic E-state index is 10.8. The van der Waals surface area contributed by atoms with Crippen LogP contribution in [0.5, 0.6) is 0 Å². The predicted molar refractivity (Wildman–Crippen MR) is 107 cm³/mol. The number of hydrogen-bond acceptors (Lipinski definition) is 6. The average Bonchev–Trinajstić information content (AvgIpc) is 3.30. The van der Waals surface area contributed by atoms with Crippen molar-refractivity contribution in [2.75, 3.05) is 0 Å². The number of aliphatic hydroxyl groups is 1. The van der Waals surface area contributed by atoms with E-state index in [-0.39, 0.29) is 6.04 Å². The molecule has 8 nitrogen and oxygen atoms in total. The van der Waals surface area contributed by atoms with E-state index in [1.165, 1.54) is 12.8 Å². The van der Waals surface area contributed by atoms with Crippen molar-refractivity contribution in [3.8, 4) is 5.69 Å². The lowest BCUT2D eigenvalue weighted by Crippen LogP contribution is -2.35. The van der Waals surface area contributed by atoms with Gasteiger partial charge in [-0.15, -0.1) is 10.2 Å². The van der Waals surface area contributed by atoms with Gasteiger partial charge in [0.25, 0.3) is 0 Å². The van der Waals surface area contributed by atoms with Crippen molar-refractivity contribution in [2.24, 2.45) is 0 Å². The molecule has 3 heterocycles. The van der Waals surface area contributed by atoms with Gasteiger partial charge in [0.1, 0.15) is 24.2 Å². The Morgan fingerprint density at radius 3 is 2.93 bits per heavy atom. The lowest BCUT2D eigenvalue weighted by Gasteiger charge is -2.27. The van der Waals surface area contributed by atoms with E-state index >= 15 is 0 Å². The lowest BCUT2D eigenvalue weighted by atomic mass is 9.90. The summed E-state index contributed by atoms with van der Waals surface area (Å²) < 4.78 is 4.20. The molecule has 29 heavy (non-hydrogen) atoms. The number of pyridine rings is 1. The minimum Gasteiger partial charge on any atom is -0.373 e. The third-order valence-electron chi connectivity index (χ3n) is 5.75. The van der Waals surface area contributed by atoms with Crippen molar-refractivity contribution in [1.82, 2.24) is 34.6 Å². The van der Waals surface area contributed by atoms with E-state index in [1.807, 2.05) is 36.1 Å². The molecule has 0 bridgehead atoms. The van der Waals surface area contributed by atoms with Gasteiger partial charge in [0.15, 0.2) is 0 Å². The predicted octanol–water partition coefficient (Wildman–Crippen LogP) is 2.59. The molecule has 8 heteroatoms. The first-order chi connectivity index (χ1) is 14.2. The van der Waals surface area contributed by atoms with Crippen molar-refractivity contribution in [2.45, 2.75) is 56.8 Å². The van der Waals surface area contributed by atoms with E-state index in [4.69, 9.17) is 0 Å². The van der Waals surface area contributed by atoms with E-state index in [1.54, 1.807) is 12.4 Å². The second kappa shape index (κ2) is 7.53. The molecule has 3 atom stereocenters.